The van der Waals surface area contributed by atoms with Crippen LogP contribution in [0.25, 0.3) is 0 Å². The highest BCUT2D eigenvalue weighted by molar-refractivity contribution is 6.32. The van der Waals surface area contributed by atoms with Crippen molar-refractivity contribution >= 4 is 58.0 Å². The zero-order valence-electron chi connectivity index (χ0n) is 20.5. The number of nitrogens with two attached hydrogens (primary N) is 1. The Morgan fingerprint density at radius 3 is 1.89 bits per heavy atom. The summed E-state index contributed by atoms with van der Waals surface area (Å²) in [6.07, 6.45) is 3.71. The van der Waals surface area contributed by atoms with Crippen molar-refractivity contribution in [3.05, 3.63) is 109 Å². The predicted octanol–water partition coefficient (Wildman–Crippen LogP) is 7.23. The Morgan fingerprint density at radius 2 is 1.39 bits per heavy atom. The van der Waals surface area contributed by atoms with Crippen LogP contribution in [0.15, 0.2) is 67.1 Å². The number of halogens is 3. The molecule has 3 aromatic heterocycles. The van der Waals surface area contributed by atoms with Gasteiger partial charge in [0.05, 0.1) is 60.8 Å². The molecule has 4 rings (SSSR count). The number of rotatable bonds is 3. The van der Waals surface area contributed by atoms with Crippen molar-refractivity contribution in [1.29, 1.82) is 0 Å². The number of hydrogen-bond acceptors (Lipinski definition) is 8. The predicted molar refractivity (Wildman–Crippen MR) is 149 cm³/mol. The molecule has 0 aliphatic carbocycles. The van der Waals surface area contributed by atoms with Crippen LogP contribution in [-0.4, -0.2) is 26.0 Å². The van der Waals surface area contributed by atoms with E-state index in [1.165, 1.54) is 18.5 Å². The molecule has 0 atom stereocenters. The van der Waals surface area contributed by atoms with Crippen molar-refractivity contribution in [3.63, 3.8) is 0 Å². The molecule has 0 unspecified atom stereocenters. The van der Waals surface area contributed by atoms with E-state index in [1.807, 2.05) is 13.0 Å². The molecule has 0 saturated heterocycles. The van der Waals surface area contributed by atoms with Gasteiger partial charge in [-0.15, -0.1) is 0 Å². The number of anilines is 2. The minimum atomic E-state index is -0.581. The number of aryl methyl sites for hydroxylation is 3. The third kappa shape index (κ3) is 10.2. The molecule has 3 N–H and O–H groups in total. The Labute approximate surface area is 233 Å². The van der Waals surface area contributed by atoms with E-state index in [1.54, 1.807) is 56.4 Å². The fraction of sp³-hybridized carbons (Fsp3) is 0.120. The van der Waals surface area contributed by atoms with Crippen molar-refractivity contribution in [2.45, 2.75) is 20.8 Å². The summed E-state index contributed by atoms with van der Waals surface area (Å²) in [6.45, 7) is 5.31. The summed E-state index contributed by atoms with van der Waals surface area (Å²) in [5, 5.41) is 14.2. The summed E-state index contributed by atoms with van der Waals surface area (Å²) < 4.78 is 5.07. The number of para-hydroxylation sites is 1. The Bertz CT molecular complexity index is 1410. The number of pyridine rings is 3. The minimum Gasteiger partial charge on any atom is -0.410 e. The summed E-state index contributed by atoms with van der Waals surface area (Å²) in [4.78, 5) is 32.9. The van der Waals surface area contributed by atoms with Crippen molar-refractivity contribution in [2.75, 3.05) is 11.1 Å². The lowest BCUT2D eigenvalue weighted by molar-refractivity contribution is -0.385. The second-order valence-corrected chi connectivity index (χ2v) is 8.69. The van der Waals surface area contributed by atoms with E-state index in [2.05, 4.69) is 20.3 Å². The maximum Gasteiger partial charge on any atom is 0.417 e. The third-order valence-electron chi connectivity index (χ3n) is 4.49. The summed E-state index contributed by atoms with van der Waals surface area (Å²) in [5.41, 5.74) is 8.51. The summed E-state index contributed by atoms with van der Waals surface area (Å²) >= 11 is 17.2. The first-order valence-electron chi connectivity index (χ1n) is 10.8. The van der Waals surface area contributed by atoms with Gasteiger partial charge in [0.1, 0.15) is 11.9 Å². The molecular formula is C25H23Cl3N6O4. The van der Waals surface area contributed by atoms with Crippen LogP contribution >= 0.6 is 34.8 Å². The van der Waals surface area contributed by atoms with E-state index in [0.717, 1.165) is 5.69 Å². The Morgan fingerprint density at radius 1 is 0.868 bits per heavy atom. The molecule has 0 radical (unpaired) electrons. The van der Waals surface area contributed by atoms with Crippen LogP contribution < -0.4 is 15.8 Å². The second kappa shape index (κ2) is 14.7. The molecular weight excluding hydrogens is 555 g/mol. The highest BCUT2D eigenvalue weighted by Crippen LogP contribution is 2.19. The number of benzene rings is 1. The smallest absolute Gasteiger partial charge is 0.410 e. The van der Waals surface area contributed by atoms with Gasteiger partial charge >= 0.3 is 6.09 Å². The summed E-state index contributed by atoms with van der Waals surface area (Å²) in [7, 11) is 0. The molecule has 1 amide bonds. The fourth-order valence-electron chi connectivity index (χ4n) is 2.43. The molecule has 1 aromatic carbocycles. The number of nitrogens with one attached hydrogen (secondary N) is 1. The van der Waals surface area contributed by atoms with Crippen LogP contribution in [0.3, 0.4) is 0 Å². The van der Waals surface area contributed by atoms with Crippen molar-refractivity contribution in [3.8, 4) is 5.75 Å². The number of amides is 1. The minimum absolute atomic E-state index is 0.0828. The molecule has 198 valence electrons. The summed E-state index contributed by atoms with van der Waals surface area (Å²) in [5.74, 6) is 0.473. The van der Waals surface area contributed by atoms with Gasteiger partial charge in [-0.05, 0) is 45.0 Å². The van der Waals surface area contributed by atoms with E-state index in [0.29, 0.717) is 43.6 Å². The lowest BCUT2D eigenvalue weighted by Gasteiger charge is -2.07. The van der Waals surface area contributed by atoms with Gasteiger partial charge in [-0.2, -0.15) is 0 Å². The Balaban J connectivity index is 0.000000217. The normalized spacial score (nSPS) is 9.74. The molecule has 0 aliphatic rings. The number of hydrogen-bond donors (Lipinski definition) is 2. The number of carbonyl (C=O) groups is 1. The standard InChI is InChI=1S/C13H11ClN2O2.C6H5ClN2O2.C6H7ClN2/c1-9-12(14)7-10(8-15-9)16-13(17)18-11-5-3-2-4-6-11;1-4-6(7)2-5(3-8-4)9(10)11;1-4-6(7)2-5(8)3-9-4/h2-8H,1H3,(H,16,17);2-3H,1H3;2-3H,8H2,1H3. The van der Waals surface area contributed by atoms with Crippen LogP contribution in [0.5, 0.6) is 5.75 Å². The molecule has 0 bridgehead atoms. The van der Waals surface area contributed by atoms with Gasteiger partial charge in [-0.25, -0.2) is 4.79 Å². The largest absolute Gasteiger partial charge is 0.417 e. The Kier molecular flexibility index (Phi) is 11.7. The molecule has 3 heterocycles. The summed E-state index contributed by atoms with van der Waals surface area (Å²) in [6, 6.07) is 13.4. The fourth-order valence-corrected chi connectivity index (χ4v) is 2.93. The lowest BCUT2D eigenvalue weighted by atomic mass is 10.3. The highest BCUT2D eigenvalue weighted by atomic mass is 35.5. The number of aromatic nitrogens is 3. The molecule has 38 heavy (non-hydrogen) atoms. The zero-order valence-corrected chi connectivity index (χ0v) is 22.8. The lowest BCUT2D eigenvalue weighted by Crippen LogP contribution is -2.16. The van der Waals surface area contributed by atoms with E-state index in [9.17, 15) is 14.9 Å². The van der Waals surface area contributed by atoms with E-state index >= 15 is 0 Å². The zero-order chi connectivity index (χ0) is 28.2. The molecule has 0 aliphatic heterocycles. The van der Waals surface area contributed by atoms with Gasteiger partial charge in [-0.1, -0.05) is 53.0 Å². The van der Waals surface area contributed by atoms with Crippen molar-refractivity contribution in [1.82, 2.24) is 15.0 Å². The number of nitro groups is 1. The molecule has 13 heteroatoms. The third-order valence-corrected chi connectivity index (χ3v) is 5.64. The average molecular weight is 578 g/mol. The van der Waals surface area contributed by atoms with Crippen molar-refractivity contribution in [2.24, 2.45) is 0 Å². The van der Waals surface area contributed by atoms with Gasteiger partial charge in [0.15, 0.2) is 0 Å². The van der Waals surface area contributed by atoms with Crippen LogP contribution in [0.4, 0.5) is 21.9 Å². The monoisotopic (exact) mass is 576 g/mol. The number of nitrogens with zero attached hydrogens (tertiary/aromatic N) is 4. The van der Waals surface area contributed by atoms with Crippen LogP contribution in [0.1, 0.15) is 17.1 Å². The van der Waals surface area contributed by atoms with Gasteiger partial charge in [0.25, 0.3) is 5.69 Å². The van der Waals surface area contributed by atoms with Gasteiger partial charge in [0.2, 0.25) is 0 Å². The maximum absolute atomic E-state index is 11.6. The topological polar surface area (TPSA) is 146 Å². The number of nitrogen functional groups attached to an aromatic ring is 1. The van der Waals surface area contributed by atoms with E-state index < -0.39 is 11.0 Å². The molecule has 0 spiro atoms. The van der Waals surface area contributed by atoms with Crippen LogP contribution in [0.2, 0.25) is 15.1 Å². The number of carbonyl (C=O) groups excluding carboxylic acids is 1. The molecule has 0 fully saturated rings. The maximum atomic E-state index is 11.6. The molecule has 4 aromatic rings. The SMILES string of the molecule is Cc1ncc(N)cc1Cl.Cc1ncc(NC(=O)Oc2ccccc2)cc1Cl.Cc1ncc([N+](=O)[O-])cc1Cl. The second-order valence-electron chi connectivity index (χ2n) is 7.47. The Hall–Kier alpha value is -3.99. The van der Waals surface area contributed by atoms with Crippen molar-refractivity contribution < 1.29 is 14.5 Å². The molecule has 0 saturated carbocycles. The number of ether oxygens (including phenoxy) is 1. The van der Waals surface area contributed by atoms with E-state index in [4.69, 9.17) is 45.3 Å². The van der Waals surface area contributed by atoms with Crippen LogP contribution in [-0.2, 0) is 0 Å². The quantitative estimate of drug-likeness (QED) is 0.191. The van der Waals surface area contributed by atoms with E-state index in [-0.39, 0.29) is 5.69 Å². The van der Waals surface area contributed by atoms with Gasteiger partial charge in [0, 0.05) is 6.07 Å². The molecule has 10 nitrogen and oxygen atoms in total. The van der Waals surface area contributed by atoms with Crippen LogP contribution in [0, 0.1) is 30.9 Å². The van der Waals surface area contributed by atoms with Gasteiger partial charge in [-0.3, -0.25) is 30.4 Å². The average Bonchev–Trinajstić information content (AvgIpc) is 2.87. The first-order valence-corrected chi connectivity index (χ1v) is 11.9. The first-order chi connectivity index (χ1) is 18.0. The highest BCUT2D eigenvalue weighted by Gasteiger charge is 2.08. The van der Waals surface area contributed by atoms with Gasteiger partial charge < -0.3 is 10.5 Å². The first kappa shape index (κ1) is 30.2.